The molecule has 3 aliphatic heterocycles. The van der Waals surface area contributed by atoms with E-state index in [9.17, 15) is 8.78 Å². The van der Waals surface area contributed by atoms with E-state index in [1.54, 1.807) is 0 Å². The molecule has 5 heteroatoms. The fourth-order valence-corrected chi connectivity index (χ4v) is 4.69. The van der Waals surface area contributed by atoms with Gasteiger partial charge in [-0.05, 0) is 43.9 Å². The maximum atomic E-state index is 13.9. The maximum absolute atomic E-state index is 13.9. The molecule has 2 saturated heterocycles. The fraction of sp³-hybridized carbons (Fsp3) is 0.333. The van der Waals surface area contributed by atoms with Crippen molar-refractivity contribution in [1.82, 2.24) is 15.1 Å². The van der Waals surface area contributed by atoms with Crippen LogP contribution in [-0.2, 0) is 6.54 Å². The lowest BCUT2D eigenvalue weighted by Crippen LogP contribution is -2.48. The zero-order chi connectivity index (χ0) is 20.9. The smallest absolute Gasteiger partial charge is 0.131 e. The molecule has 0 amide bonds. The largest absolute Gasteiger partial charge is 0.381 e. The molecule has 1 aromatic carbocycles. The van der Waals surface area contributed by atoms with Crippen molar-refractivity contribution in [3.8, 4) is 0 Å². The number of piperazine rings is 1. The zero-order valence-electron chi connectivity index (χ0n) is 17.1. The monoisotopic (exact) mass is 395 g/mol. The molecule has 4 rings (SSSR count). The molecule has 3 aliphatic rings. The maximum Gasteiger partial charge on any atom is 0.131 e. The van der Waals surface area contributed by atoms with Crippen LogP contribution in [0.15, 0.2) is 77.9 Å². The quantitative estimate of drug-likeness (QED) is 0.776. The molecule has 0 radical (unpaired) electrons. The van der Waals surface area contributed by atoms with E-state index >= 15 is 0 Å². The Kier molecular flexibility index (Phi) is 4.85. The van der Waals surface area contributed by atoms with E-state index in [4.69, 9.17) is 0 Å². The molecular weight excluding hydrogens is 368 g/mol. The van der Waals surface area contributed by atoms with Gasteiger partial charge < -0.3 is 15.1 Å². The standard InChI is InChI=1S/C24H27F2N3/c1-14-6-9-21-12-28-13-22(15(2)16(3)24(28)18(5)29(14)21)17(4)27-11-19-7-8-20(25)10-23(19)26/h7-8,10,13-14,21,27H,2,4-6,9,11-12H2,1,3H3. The normalized spacial score (nSPS) is 23.8. The Morgan fingerprint density at radius 1 is 1.24 bits per heavy atom. The highest BCUT2D eigenvalue weighted by Crippen LogP contribution is 2.43. The predicted octanol–water partition coefficient (Wildman–Crippen LogP) is 4.98. The lowest BCUT2D eigenvalue weighted by Gasteiger charge is -2.46. The molecule has 152 valence electrons. The average molecular weight is 395 g/mol. The second-order valence-electron chi connectivity index (χ2n) is 8.15. The van der Waals surface area contributed by atoms with Crippen LogP contribution in [0.4, 0.5) is 8.78 Å². The first-order valence-electron chi connectivity index (χ1n) is 10.0. The highest BCUT2D eigenvalue weighted by atomic mass is 19.1. The minimum Gasteiger partial charge on any atom is -0.381 e. The Hall–Kier alpha value is -2.82. The van der Waals surface area contributed by atoms with E-state index in [1.165, 1.54) is 18.6 Å². The summed E-state index contributed by atoms with van der Waals surface area (Å²) in [4.78, 5) is 4.71. The fourth-order valence-electron chi connectivity index (χ4n) is 4.69. The minimum absolute atomic E-state index is 0.228. The molecule has 2 atom stereocenters. The van der Waals surface area contributed by atoms with Gasteiger partial charge in [0.2, 0.25) is 0 Å². The number of nitrogens with one attached hydrogen (secondary N) is 1. The van der Waals surface area contributed by atoms with Crippen LogP contribution in [0.3, 0.4) is 0 Å². The number of benzene rings is 1. The van der Waals surface area contributed by atoms with Gasteiger partial charge in [0.05, 0.1) is 11.4 Å². The van der Waals surface area contributed by atoms with E-state index in [0.717, 1.165) is 47.1 Å². The first-order chi connectivity index (χ1) is 13.8. The van der Waals surface area contributed by atoms with Crippen molar-refractivity contribution in [3.63, 3.8) is 0 Å². The Bertz CT molecular complexity index is 972. The van der Waals surface area contributed by atoms with Crippen molar-refractivity contribution in [2.24, 2.45) is 0 Å². The van der Waals surface area contributed by atoms with Gasteiger partial charge in [-0.15, -0.1) is 0 Å². The van der Waals surface area contributed by atoms with Crippen molar-refractivity contribution in [2.75, 3.05) is 6.54 Å². The number of hydrogen-bond donors (Lipinski definition) is 1. The molecule has 2 unspecified atom stereocenters. The van der Waals surface area contributed by atoms with Gasteiger partial charge >= 0.3 is 0 Å². The van der Waals surface area contributed by atoms with E-state index < -0.39 is 11.6 Å². The van der Waals surface area contributed by atoms with Crippen molar-refractivity contribution >= 4 is 0 Å². The highest BCUT2D eigenvalue weighted by molar-refractivity contribution is 5.60. The van der Waals surface area contributed by atoms with Crippen LogP contribution in [-0.4, -0.2) is 28.4 Å². The van der Waals surface area contributed by atoms with Crippen molar-refractivity contribution < 1.29 is 8.78 Å². The van der Waals surface area contributed by atoms with E-state index in [2.05, 4.69) is 54.9 Å². The van der Waals surface area contributed by atoms with Crippen LogP contribution >= 0.6 is 0 Å². The third kappa shape index (κ3) is 3.28. The number of fused-ring (bicyclic) bond motifs is 2. The van der Waals surface area contributed by atoms with Gasteiger partial charge in [0.25, 0.3) is 0 Å². The molecule has 29 heavy (non-hydrogen) atoms. The zero-order valence-corrected chi connectivity index (χ0v) is 17.1. The number of allylic oxidation sites excluding steroid dienone is 2. The summed E-state index contributed by atoms with van der Waals surface area (Å²) in [7, 11) is 0. The second-order valence-corrected chi connectivity index (χ2v) is 8.15. The molecule has 0 aliphatic carbocycles. The van der Waals surface area contributed by atoms with Crippen molar-refractivity contribution in [1.29, 1.82) is 0 Å². The summed E-state index contributed by atoms with van der Waals surface area (Å²) < 4.78 is 27.0. The third-order valence-electron chi connectivity index (χ3n) is 6.32. The Morgan fingerprint density at radius 3 is 2.72 bits per heavy atom. The van der Waals surface area contributed by atoms with Gasteiger partial charge in [-0.1, -0.05) is 25.8 Å². The molecule has 3 nitrogen and oxygen atoms in total. The van der Waals surface area contributed by atoms with Crippen LogP contribution in [0.1, 0.15) is 32.3 Å². The molecule has 0 aromatic heterocycles. The number of hydrogen-bond acceptors (Lipinski definition) is 3. The van der Waals surface area contributed by atoms with Crippen LogP contribution in [0.25, 0.3) is 0 Å². The molecular formula is C24H27F2N3. The van der Waals surface area contributed by atoms with E-state index in [-0.39, 0.29) is 6.54 Å². The van der Waals surface area contributed by atoms with Gasteiger partial charge in [0.15, 0.2) is 0 Å². The lowest BCUT2D eigenvalue weighted by molar-refractivity contribution is 0.187. The summed E-state index contributed by atoms with van der Waals surface area (Å²) in [5.74, 6) is -1.15. The Morgan fingerprint density at radius 2 is 2.00 bits per heavy atom. The van der Waals surface area contributed by atoms with Crippen LogP contribution < -0.4 is 5.32 Å². The molecule has 1 aromatic rings. The van der Waals surface area contributed by atoms with E-state index in [1.807, 2.05) is 0 Å². The van der Waals surface area contributed by atoms with Gasteiger partial charge in [-0.2, -0.15) is 0 Å². The van der Waals surface area contributed by atoms with Gasteiger partial charge in [-0.3, -0.25) is 0 Å². The summed E-state index contributed by atoms with van der Waals surface area (Å²) in [5.41, 5.74) is 6.13. The minimum atomic E-state index is -0.581. The summed E-state index contributed by atoms with van der Waals surface area (Å²) in [5, 5.41) is 3.17. The molecule has 1 N–H and O–H groups in total. The summed E-state index contributed by atoms with van der Waals surface area (Å²) in [6, 6.07) is 4.58. The topological polar surface area (TPSA) is 18.5 Å². The number of rotatable bonds is 4. The number of halogens is 2. The van der Waals surface area contributed by atoms with Crippen molar-refractivity contribution in [3.05, 3.63) is 95.1 Å². The van der Waals surface area contributed by atoms with Gasteiger partial charge in [0, 0.05) is 54.3 Å². The first-order valence-corrected chi connectivity index (χ1v) is 10.0. The van der Waals surface area contributed by atoms with Crippen LogP contribution in [0, 0.1) is 11.6 Å². The van der Waals surface area contributed by atoms with Gasteiger partial charge in [0.1, 0.15) is 11.6 Å². The summed E-state index contributed by atoms with van der Waals surface area (Å²) in [6.45, 7) is 18.3. The Labute approximate surface area is 171 Å². The third-order valence-corrected chi connectivity index (χ3v) is 6.32. The van der Waals surface area contributed by atoms with E-state index in [0.29, 0.717) is 23.3 Å². The highest BCUT2D eigenvalue weighted by Gasteiger charge is 2.40. The summed E-state index contributed by atoms with van der Waals surface area (Å²) in [6.07, 6.45) is 4.42. The first kappa shape index (κ1) is 19.5. The molecule has 3 heterocycles. The lowest BCUT2D eigenvalue weighted by atomic mass is 9.90. The average Bonchev–Trinajstić information content (AvgIpc) is 3.04. The second kappa shape index (κ2) is 7.21. The van der Waals surface area contributed by atoms with Crippen LogP contribution in [0.2, 0.25) is 0 Å². The van der Waals surface area contributed by atoms with Crippen molar-refractivity contribution in [2.45, 2.75) is 45.3 Å². The van der Waals surface area contributed by atoms with Crippen LogP contribution in [0.5, 0.6) is 0 Å². The Balaban J connectivity index is 1.54. The molecule has 0 bridgehead atoms. The SMILES string of the molecule is C=C(NCc1ccc(F)cc1F)C1=CN2CC3CCC(C)N3C(=C)C2=C(C)C1=C. The molecule has 0 saturated carbocycles. The number of nitrogens with zero attached hydrogens (tertiary/aromatic N) is 2. The predicted molar refractivity (Wildman–Crippen MR) is 112 cm³/mol. The molecule has 0 spiro atoms. The van der Waals surface area contributed by atoms with Gasteiger partial charge in [-0.25, -0.2) is 8.78 Å². The summed E-state index contributed by atoms with van der Waals surface area (Å²) >= 11 is 0. The molecule has 2 fully saturated rings.